The predicted molar refractivity (Wildman–Crippen MR) is 116 cm³/mol. The molecule has 30 heavy (non-hydrogen) atoms. The molecule has 0 aromatic carbocycles. The molecule has 0 N–H and O–H groups in total. The second kappa shape index (κ2) is 9.98. The highest BCUT2D eigenvalue weighted by Crippen LogP contribution is 2.23. The van der Waals surface area contributed by atoms with E-state index >= 15 is 0 Å². The average molecular weight is 429 g/mol. The molecule has 0 fully saturated rings. The smallest absolute Gasteiger partial charge is 0.341 e. The van der Waals surface area contributed by atoms with E-state index < -0.39 is 16.8 Å². The number of allylic oxidation sites excluding steroid dienone is 2. The summed E-state index contributed by atoms with van der Waals surface area (Å²) < 4.78 is 19.1. The summed E-state index contributed by atoms with van der Waals surface area (Å²) >= 11 is 0. The van der Waals surface area contributed by atoms with Crippen LogP contribution in [0.4, 0.5) is 0 Å². The van der Waals surface area contributed by atoms with E-state index in [2.05, 4.69) is 15.6 Å². The summed E-state index contributed by atoms with van der Waals surface area (Å²) in [5.41, 5.74) is 4.10. The van der Waals surface area contributed by atoms with Crippen molar-refractivity contribution in [2.45, 2.75) is 57.5 Å². The van der Waals surface area contributed by atoms with Crippen molar-refractivity contribution in [2.75, 3.05) is 12.9 Å². The highest BCUT2D eigenvalue weighted by atomic mass is 32.2. The van der Waals surface area contributed by atoms with Crippen molar-refractivity contribution in [3.63, 3.8) is 0 Å². The molecule has 0 spiro atoms. The van der Waals surface area contributed by atoms with Crippen LogP contribution in [0.5, 0.6) is 0 Å². The van der Waals surface area contributed by atoms with E-state index in [4.69, 9.17) is 4.74 Å². The van der Waals surface area contributed by atoms with Gasteiger partial charge in [-0.25, -0.2) is 9.78 Å². The van der Waals surface area contributed by atoms with Crippen molar-refractivity contribution in [1.29, 1.82) is 0 Å². The Bertz CT molecular complexity index is 1010. The Kier molecular flexibility index (Phi) is 7.37. The monoisotopic (exact) mass is 428 g/mol. The Morgan fingerprint density at radius 1 is 1.23 bits per heavy atom. The largest absolute Gasteiger partial charge is 0.454 e. The van der Waals surface area contributed by atoms with Gasteiger partial charge in [0.15, 0.2) is 6.61 Å². The predicted octanol–water partition coefficient (Wildman–Crippen LogP) is 4.17. The van der Waals surface area contributed by atoms with Crippen molar-refractivity contribution in [2.24, 2.45) is 0 Å². The molecule has 1 atom stereocenters. The number of aromatic nitrogens is 2. The summed E-state index contributed by atoms with van der Waals surface area (Å²) in [6.45, 7) is 4.40. The van der Waals surface area contributed by atoms with E-state index in [9.17, 15) is 13.8 Å². The molecule has 1 aliphatic rings. The molecule has 3 rings (SSSR count). The van der Waals surface area contributed by atoms with Crippen molar-refractivity contribution >= 4 is 22.6 Å². The van der Waals surface area contributed by atoms with Gasteiger partial charge in [0.25, 0.3) is 0 Å². The van der Waals surface area contributed by atoms with E-state index in [-0.39, 0.29) is 23.0 Å². The minimum absolute atomic E-state index is 0.123. The van der Waals surface area contributed by atoms with Crippen molar-refractivity contribution in [3.8, 4) is 0 Å². The molecule has 2 aromatic rings. The zero-order valence-corrected chi connectivity index (χ0v) is 18.6. The van der Waals surface area contributed by atoms with Gasteiger partial charge in [-0.1, -0.05) is 11.6 Å². The molecule has 2 aromatic heterocycles. The number of rotatable bonds is 8. The Labute approximate surface area is 179 Å². The zero-order valence-electron chi connectivity index (χ0n) is 17.8. The number of pyridine rings is 1. The molecular formula is C23H28N2O4S. The van der Waals surface area contributed by atoms with Gasteiger partial charge in [-0.2, -0.15) is 0 Å². The van der Waals surface area contributed by atoms with Crippen LogP contribution in [0.15, 0.2) is 41.1 Å². The van der Waals surface area contributed by atoms with Crippen molar-refractivity contribution in [1.82, 2.24) is 9.55 Å². The second-order valence-electron chi connectivity index (χ2n) is 7.60. The molecule has 0 aliphatic heterocycles. The van der Waals surface area contributed by atoms with Crippen molar-refractivity contribution in [3.05, 3.63) is 58.6 Å². The van der Waals surface area contributed by atoms with Crippen LogP contribution in [0, 0.1) is 13.8 Å². The van der Waals surface area contributed by atoms with E-state index in [1.54, 1.807) is 6.07 Å². The Balaban J connectivity index is 1.65. The van der Waals surface area contributed by atoms with E-state index in [1.807, 2.05) is 19.9 Å². The summed E-state index contributed by atoms with van der Waals surface area (Å²) in [5.74, 6) is -0.942. The van der Waals surface area contributed by atoms with Gasteiger partial charge in [-0.15, -0.1) is 0 Å². The number of ketones is 1. The lowest BCUT2D eigenvalue weighted by Gasteiger charge is -2.15. The first kappa shape index (κ1) is 22.2. The lowest BCUT2D eigenvalue weighted by molar-refractivity contribution is 0.0470. The Morgan fingerprint density at radius 3 is 2.73 bits per heavy atom. The number of Topliss-reactive ketones (excluding diaryl/α,β-unsaturated/α-hetero) is 1. The van der Waals surface area contributed by atoms with Crippen LogP contribution in [0.3, 0.4) is 0 Å². The third-order valence-electron chi connectivity index (χ3n) is 5.51. The number of carbonyl (C=O) groups excluding carboxylic acids is 2. The molecule has 0 saturated carbocycles. The minimum Gasteiger partial charge on any atom is -0.454 e. The van der Waals surface area contributed by atoms with E-state index in [1.165, 1.54) is 49.8 Å². The summed E-state index contributed by atoms with van der Waals surface area (Å²) in [4.78, 5) is 29.1. The van der Waals surface area contributed by atoms with Gasteiger partial charge in [-0.3, -0.25) is 9.00 Å². The summed E-state index contributed by atoms with van der Waals surface area (Å²) in [7, 11) is -1.42. The number of esters is 1. The summed E-state index contributed by atoms with van der Waals surface area (Å²) in [6, 6.07) is 4.93. The summed E-state index contributed by atoms with van der Waals surface area (Å²) in [5, 5.41) is 0.158. The fraction of sp³-hybridized carbons (Fsp3) is 0.435. The lowest BCUT2D eigenvalue weighted by atomic mass is 9.97. The minimum atomic E-state index is -1.42. The number of hydrogen-bond acceptors (Lipinski definition) is 5. The van der Waals surface area contributed by atoms with Crippen LogP contribution in [-0.4, -0.2) is 38.4 Å². The highest BCUT2D eigenvalue weighted by molar-refractivity contribution is 7.84. The quantitative estimate of drug-likeness (QED) is 0.358. The van der Waals surface area contributed by atoms with Gasteiger partial charge in [-0.05, 0) is 64.2 Å². The third-order valence-corrected chi connectivity index (χ3v) is 6.38. The topological polar surface area (TPSA) is 78.3 Å². The van der Waals surface area contributed by atoms with Gasteiger partial charge < -0.3 is 9.30 Å². The van der Waals surface area contributed by atoms with Gasteiger partial charge >= 0.3 is 5.97 Å². The Hall–Kier alpha value is -2.54. The van der Waals surface area contributed by atoms with Crippen LogP contribution in [-0.2, 0) is 22.1 Å². The van der Waals surface area contributed by atoms with Gasteiger partial charge in [0, 0.05) is 35.9 Å². The van der Waals surface area contributed by atoms with Crippen LogP contribution in [0.2, 0.25) is 0 Å². The standard InChI is InChI=1S/C23H28N2O4S/c1-16-14-20(17(2)25(16)13-11-18-8-5-4-6-9-18)21(26)15-29-23(27)19-10-7-12-24-22(19)30(3)28/h7-8,10,12,14H,4-6,9,11,13,15H2,1-3H3. The fourth-order valence-electron chi connectivity index (χ4n) is 3.88. The maximum Gasteiger partial charge on any atom is 0.341 e. The van der Waals surface area contributed by atoms with Crippen molar-refractivity contribution < 1.29 is 18.5 Å². The first-order chi connectivity index (χ1) is 14.4. The number of aryl methyl sites for hydroxylation is 1. The Morgan fingerprint density at radius 2 is 2.03 bits per heavy atom. The van der Waals surface area contributed by atoms with Gasteiger partial charge in [0.1, 0.15) is 5.03 Å². The summed E-state index contributed by atoms with van der Waals surface area (Å²) in [6.07, 6.45) is 11.1. The van der Waals surface area contributed by atoms with Crippen LogP contribution < -0.4 is 0 Å². The number of hydrogen-bond donors (Lipinski definition) is 0. The number of carbonyl (C=O) groups is 2. The number of ether oxygens (including phenoxy) is 1. The third kappa shape index (κ3) is 5.14. The van der Waals surface area contributed by atoms with Gasteiger partial charge in [0.05, 0.1) is 16.4 Å². The lowest BCUT2D eigenvalue weighted by Crippen LogP contribution is -2.17. The van der Waals surface area contributed by atoms with E-state index in [0.29, 0.717) is 5.56 Å². The first-order valence-corrected chi connectivity index (χ1v) is 11.8. The molecular weight excluding hydrogens is 400 g/mol. The number of nitrogens with zero attached hydrogens (tertiary/aromatic N) is 2. The molecule has 7 heteroatoms. The fourth-order valence-corrected chi connectivity index (χ4v) is 4.55. The maximum absolute atomic E-state index is 12.7. The first-order valence-electron chi connectivity index (χ1n) is 10.2. The normalized spacial score (nSPS) is 14.8. The molecule has 160 valence electrons. The molecule has 0 saturated heterocycles. The molecule has 6 nitrogen and oxygen atoms in total. The second-order valence-corrected chi connectivity index (χ2v) is 8.90. The maximum atomic E-state index is 12.7. The molecule has 1 aliphatic carbocycles. The average Bonchev–Trinajstić information content (AvgIpc) is 3.04. The zero-order chi connectivity index (χ0) is 21.7. The molecule has 0 bridgehead atoms. The molecule has 1 unspecified atom stereocenters. The van der Waals surface area contributed by atoms with Gasteiger partial charge in [0.2, 0.25) is 5.78 Å². The van der Waals surface area contributed by atoms with E-state index in [0.717, 1.165) is 24.4 Å². The highest BCUT2D eigenvalue weighted by Gasteiger charge is 2.20. The van der Waals surface area contributed by atoms with Crippen LogP contribution >= 0.6 is 0 Å². The molecule has 0 radical (unpaired) electrons. The molecule has 0 amide bonds. The van der Waals surface area contributed by atoms with Crippen LogP contribution in [0.25, 0.3) is 0 Å². The van der Waals surface area contributed by atoms with Crippen LogP contribution in [0.1, 0.15) is 64.2 Å². The molecule has 2 heterocycles. The SMILES string of the molecule is Cc1cc(C(=O)COC(=O)c2cccnc2S(C)=O)c(C)n1CCC1=CCCCC1.